The summed E-state index contributed by atoms with van der Waals surface area (Å²) < 4.78 is 5.73. The molecule has 4 rings (SSSR count). The van der Waals surface area contributed by atoms with Crippen LogP contribution in [0, 0.1) is 13.8 Å². The molecule has 0 spiro atoms. The Labute approximate surface area is 211 Å². The Morgan fingerprint density at radius 2 is 1.49 bits per heavy atom. The molecule has 3 aromatic carbocycles. The van der Waals surface area contributed by atoms with Crippen LogP contribution in [-0.2, 0) is 9.59 Å². The lowest BCUT2D eigenvalue weighted by molar-refractivity contribution is -0.120. The summed E-state index contributed by atoms with van der Waals surface area (Å²) in [4.78, 5) is 30.1. The average Bonchev–Trinajstić information content (AvgIpc) is 2.86. The monoisotopic (exact) mass is 484 g/mol. The van der Waals surface area contributed by atoms with Crippen LogP contribution in [0.25, 0.3) is 6.08 Å². The Morgan fingerprint density at radius 3 is 2.11 bits per heavy atom. The molecule has 0 aliphatic carbocycles. The second-order valence-corrected chi connectivity index (χ2v) is 8.86. The Morgan fingerprint density at radius 1 is 0.829 bits per heavy atom. The van der Waals surface area contributed by atoms with Gasteiger partial charge in [0, 0.05) is 0 Å². The number of ether oxygens (including phenoxy) is 1. The van der Waals surface area contributed by atoms with Gasteiger partial charge < -0.3 is 4.74 Å². The van der Waals surface area contributed by atoms with Crippen LogP contribution in [0.1, 0.15) is 36.5 Å². The average molecular weight is 485 g/mol. The molecule has 35 heavy (non-hydrogen) atoms. The number of unbranched alkanes of at least 4 members (excludes halogenated alkanes) is 1. The van der Waals surface area contributed by atoms with Crippen LogP contribution in [0.3, 0.4) is 0 Å². The van der Waals surface area contributed by atoms with Gasteiger partial charge in [-0.05, 0) is 91.7 Å². The first-order valence-corrected chi connectivity index (χ1v) is 12.1. The second kappa shape index (κ2) is 10.7. The van der Waals surface area contributed by atoms with E-state index in [9.17, 15) is 9.59 Å². The number of rotatable bonds is 7. The molecule has 5 nitrogen and oxygen atoms in total. The van der Waals surface area contributed by atoms with E-state index in [-0.39, 0.29) is 10.7 Å². The molecule has 0 atom stereocenters. The summed E-state index contributed by atoms with van der Waals surface area (Å²) in [5.74, 6) is -0.140. The summed E-state index contributed by atoms with van der Waals surface area (Å²) in [6.45, 7) is 6.76. The van der Waals surface area contributed by atoms with Crippen molar-refractivity contribution in [1.82, 2.24) is 0 Å². The van der Waals surface area contributed by atoms with E-state index in [0.717, 1.165) is 35.3 Å². The first-order valence-electron chi connectivity index (χ1n) is 11.7. The number of aryl methyl sites for hydroxylation is 2. The summed E-state index contributed by atoms with van der Waals surface area (Å²) in [7, 11) is 0. The van der Waals surface area contributed by atoms with Gasteiger partial charge in [-0.1, -0.05) is 49.7 Å². The van der Waals surface area contributed by atoms with E-state index in [0.29, 0.717) is 18.0 Å². The number of hydrogen-bond donors (Lipinski definition) is 0. The molecule has 0 unspecified atom stereocenters. The van der Waals surface area contributed by atoms with Crippen LogP contribution in [0.15, 0.2) is 78.4 Å². The van der Waals surface area contributed by atoms with Crippen LogP contribution in [0.4, 0.5) is 11.4 Å². The van der Waals surface area contributed by atoms with E-state index in [1.165, 1.54) is 9.80 Å². The molecule has 0 aromatic heterocycles. The van der Waals surface area contributed by atoms with Gasteiger partial charge in [0.1, 0.15) is 11.3 Å². The van der Waals surface area contributed by atoms with Crippen molar-refractivity contribution in [3.05, 3.63) is 95.1 Å². The second-order valence-electron chi connectivity index (χ2n) is 8.50. The number of carbonyl (C=O) groups excluding carboxylic acids is 2. The first kappa shape index (κ1) is 24.4. The maximum Gasteiger partial charge on any atom is 0.270 e. The van der Waals surface area contributed by atoms with Gasteiger partial charge in [0.05, 0.1) is 18.0 Å². The summed E-state index contributed by atoms with van der Waals surface area (Å²) >= 11 is 5.69. The van der Waals surface area contributed by atoms with Crippen molar-refractivity contribution in [3.63, 3.8) is 0 Å². The fourth-order valence-corrected chi connectivity index (χ4v) is 4.16. The van der Waals surface area contributed by atoms with Crippen molar-refractivity contribution in [1.29, 1.82) is 0 Å². The molecule has 1 fully saturated rings. The number of carbonyl (C=O) groups is 2. The van der Waals surface area contributed by atoms with Crippen LogP contribution in [0.5, 0.6) is 5.75 Å². The van der Waals surface area contributed by atoms with Crippen molar-refractivity contribution in [3.8, 4) is 5.75 Å². The maximum absolute atomic E-state index is 13.7. The minimum atomic E-state index is -0.449. The van der Waals surface area contributed by atoms with Gasteiger partial charge >= 0.3 is 0 Å². The smallest absolute Gasteiger partial charge is 0.270 e. The fourth-order valence-electron chi connectivity index (χ4n) is 3.79. The van der Waals surface area contributed by atoms with E-state index < -0.39 is 11.8 Å². The van der Waals surface area contributed by atoms with Gasteiger partial charge in [-0.15, -0.1) is 0 Å². The van der Waals surface area contributed by atoms with Gasteiger partial charge in [-0.2, -0.15) is 0 Å². The molecule has 0 saturated carbocycles. The zero-order valence-electron chi connectivity index (χ0n) is 20.2. The topological polar surface area (TPSA) is 49.9 Å². The Balaban J connectivity index is 1.75. The molecule has 1 saturated heterocycles. The highest BCUT2D eigenvalue weighted by Crippen LogP contribution is 2.31. The lowest BCUT2D eigenvalue weighted by Gasteiger charge is -2.36. The quantitative estimate of drug-likeness (QED) is 0.173. The van der Waals surface area contributed by atoms with E-state index >= 15 is 0 Å². The predicted octanol–water partition coefficient (Wildman–Crippen LogP) is 6.23. The summed E-state index contributed by atoms with van der Waals surface area (Å²) in [5.41, 5.74) is 4.14. The lowest BCUT2D eigenvalue weighted by Crippen LogP contribution is -2.57. The number of amides is 2. The minimum Gasteiger partial charge on any atom is -0.494 e. The molecule has 2 amide bonds. The SMILES string of the molecule is CCCCOc1ccc(/C=C2\C(=O)N(c3ccccc3)C(=S)N(c3ccc(C)c(C)c3)C2=O)cc1. The normalized spacial score (nSPS) is 15.2. The number of para-hydroxylation sites is 1. The highest BCUT2D eigenvalue weighted by molar-refractivity contribution is 7.81. The zero-order chi connectivity index (χ0) is 24.9. The number of benzene rings is 3. The van der Waals surface area contributed by atoms with Crippen LogP contribution < -0.4 is 14.5 Å². The van der Waals surface area contributed by atoms with Crippen molar-refractivity contribution in [2.45, 2.75) is 33.6 Å². The van der Waals surface area contributed by atoms with Gasteiger partial charge in [-0.3, -0.25) is 19.4 Å². The number of nitrogens with zero attached hydrogens (tertiary/aromatic N) is 2. The van der Waals surface area contributed by atoms with E-state index in [1.54, 1.807) is 18.2 Å². The molecule has 1 aliphatic heterocycles. The Kier molecular flexibility index (Phi) is 7.42. The van der Waals surface area contributed by atoms with Crippen LogP contribution in [0.2, 0.25) is 0 Å². The van der Waals surface area contributed by atoms with Crippen molar-refractivity contribution in [2.24, 2.45) is 0 Å². The number of thiocarbonyl (C=S) groups is 1. The summed E-state index contributed by atoms with van der Waals surface area (Å²) in [6.07, 6.45) is 3.66. The molecule has 0 bridgehead atoms. The molecule has 1 aliphatic rings. The third kappa shape index (κ3) is 5.17. The molecule has 3 aromatic rings. The standard InChI is InChI=1S/C29H28N2O3S/c1-4-5-17-34-25-15-12-22(13-16-25)19-26-27(32)30(23-9-7-6-8-10-23)29(35)31(28(26)33)24-14-11-20(2)21(3)18-24/h6-16,18-19H,4-5,17H2,1-3H3/b26-19+. The summed E-state index contributed by atoms with van der Waals surface area (Å²) in [6, 6.07) is 22.2. The molecule has 0 radical (unpaired) electrons. The van der Waals surface area contributed by atoms with Gasteiger partial charge in [0.2, 0.25) is 0 Å². The fraction of sp³-hybridized carbons (Fsp3) is 0.207. The molecule has 0 N–H and O–H groups in total. The largest absolute Gasteiger partial charge is 0.494 e. The van der Waals surface area contributed by atoms with Crippen molar-refractivity contribution >= 4 is 46.6 Å². The van der Waals surface area contributed by atoms with Crippen LogP contribution >= 0.6 is 12.2 Å². The zero-order valence-corrected chi connectivity index (χ0v) is 21.0. The summed E-state index contributed by atoms with van der Waals surface area (Å²) in [5, 5.41) is 0.131. The third-order valence-electron chi connectivity index (χ3n) is 5.97. The van der Waals surface area contributed by atoms with Gasteiger partial charge in [-0.25, -0.2) is 0 Å². The van der Waals surface area contributed by atoms with E-state index in [4.69, 9.17) is 17.0 Å². The molecule has 6 heteroatoms. The van der Waals surface area contributed by atoms with E-state index in [1.807, 2.05) is 74.5 Å². The van der Waals surface area contributed by atoms with Gasteiger partial charge in [0.25, 0.3) is 11.8 Å². The van der Waals surface area contributed by atoms with Gasteiger partial charge in [0.15, 0.2) is 5.11 Å². The lowest BCUT2D eigenvalue weighted by atomic mass is 10.0. The first-order chi connectivity index (χ1) is 16.9. The molecular weight excluding hydrogens is 456 g/mol. The van der Waals surface area contributed by atoms with Crippen molar-refractivity contribution in [2.75, 3.05) is 16.4 Å². The molecule has 1 heterocycles. The number of anilines is 2. The highest BCUT2D eigenvalue weighted by Gasteiger charge is 2.41. The van der Waals surface area contributed by atoms with Crippen molar-refractivity contribution < 1.29 is 14.3 Å². The maximum atomic E-state index is 13.7. The molecular formula is C29H28N2O3S. The Hall–Kier alpha value is -3.77. The number of hydrogen-bond acceptors (Lipinski definition) is 4. The third-order valence-corrected chi connectivity index (χ3v) is 6.34. The minimum absolute atomic E-state index is 0.0420. The van der Waals surface area contributed by atoms with Crippen LogP contribution in [-0.4, -0.2) is 23.5 Å². The van der Waals surface area contributed by atoms with E-state index in [2.05, 4.69) is 6.92 Å². The molecule has 178 valence electrons. The highest BCUT2D eigenvalue weighted by atomic mass is 32.1. The predicted molar refractivity (Wildman–Crippen MR) is 145 cm³/mol. The Bertz CT molecular complexity index is 1280.